The van der Waals surface area contributed by atoms with Crippen LogP contribution in [0.2, 0.25) is 0 Å². The minimum Gasteiger partial charge on any atom is -0.481 e. The van der Waals surface area contributed by atoms with Crippen molar-refractivity contribution >= 4 is 17.7 Å². The van der Waals surface area contributed by atoms with E-state index < -0.39 is 23.1 Å². The number of aromatic nitrogens is 2. The highest BCUT2D eigenvalue weighted by molar-refractivity contribution is 7.98. The lowest BCUT2D eigenvalue weighted by Gasteiger charge is -2.08. The minimum atomic E-state index is -0.887. The van der Waals surface area contributed by atoms with Crippen LogP contribution in [0, 0.1) is 11.6 Å². The number of nitrogens with zero attached hydrogens (tertiary/aromatic N) is 2. The maximum absolute atomic E-state index is 13.5. The van der Waals surface area contributed by atoms with Gasteiger partial charge in [0.15, 0.2) is 0 Å². The standard InChI is InChI=1S/C16H17F2N3O3S/c1-23-13-8-14(24-2)21-12(20-13)9-25-7-6-19-16(22)15-10(17)4-3-5-11(15)18/h3-5,8H,6-7,9H2,1-2H3,(H,19,22). The largest absolute Gasteiger partial charge is 0.481 e. The molecule has 2 aromatic rings. The lowest BCUT2D eigenvalue weighted by Crippen LogP contribution is -2.27. The number of carbonyl (C=O) groups is 1. The molecule has 1 heterocycles. The second-order valence-electron chi connectivity index (χ2n) is 4.77. The Kier molecular flexibility index (Phi) is 6.93. The van der Waals surface area contributed by atoms with Gasteiger partial charge in [-0.05, 0) is 12.1 Å². The molecule has 0 unspecified atom stereocenters. The molecule has 0 aliphatic carbocycles. The van der Waals surface area contributed by atoms with Gasteiger partial charge in [-0.2, -0.15) is 21.7 Å². The fraction of sp³-hybridized carbons (Fsp3) is 0.312. The van der Waals surface area contributed by atoms with Crippen LogP contribution in [0.1, 0.15) is 16.2 Å². The molecule has 0 atom stereocenters. The Morgan fingerprint density at radius 3 is 2.32 bits per heavy atom. The number of rotatable bonds is 8. The van der Waals surface area contributed by atoms with Crippen molar-refractivity contribution in [3.05, 3.63) is 47.3 Å². The fourth-order valence-corrected chi connectivity index (χ4v) is 2.63. The molecular weight excluding hydrogens is 352 g/mol. The van der Waals surface area contributed by atoms with Gasteiger partial charge < -0.3 is 14.8 Å². The Morgan fingerprint density at radius 1 is 1.16 bits per heavy atom. The summed E-state index contributed by atoms with van der Waals surface area (Å²) in [5, 5.41) is 2.48. The SMILES string of the molecule is COc1cc(OC)nc(CSCCNC(=O)c2c(F)cccc2F)n1. The highest BCUT2D eigenvalue weighted by atomic mass is 32.2. The Bertz CT molecular complexity index is 704. The van der Waals surface area contributed by atoms with Crippen molar-refractivity contribution in [3.8, 4) is 11.8 Å². The first kappa shape index (κ1) is 18.9. The molecular formula is C16H17F2N3O3S. The van der Waals surface area contributed by atoms with Gasteiger partial charge in [-0.25, -0.2) is 8.78 Å². The Morgan fingerprint density at radius 2 is 1.76 bits per heavy atom. The summed E-state index contributed by atoms with van der Waals surface area (Å²) in [6, 6.07) is 4.86. The van der Waals surface area contributed by atoms with Gasteiger partial charge in [0.2, 0.25) is 11.8 Å². The smallest absolute Gasteiger partial charge is 0.257 e. The number of carbonyl (C=O) groups excluding carboxylic acids is 1. The quantitative estimate of drug-likeness (QED) is 0.721. The predicted molar refractivity (Wildman–Crippen MR) is 90.0 cm³/mol. The second-order valence-corrected chi connectivity index (χ2v) is 5.88. The van der Waals surface area contributed by atoms with E-state index in [9.17, 15) is 13.6 Å². The van der Waals surface area contributed by atoms with Crippen LogP contribution in [-0.4, -0.2) is 42.4 Å². The molecule has 0 aliphatic rings. The van der Waals surface area contributed by atoms with Gasteiger partial charge in [0, 0.05) is 12.3 Å². The van der Waals surface area contributed by atoms with E-state index in [0.717, 1.165) is 12.1 Å². The van der Waals surface area contributed by atoms with Crippen LogP contribution >= 0.6 is 11.8 Å². The van der Waals surface area contributed by atoms with E-state index in [1.807, 2.05) is 0 Å². The number of amides is 1. The Hall–Kier alpha value is -2.42. The Labute approximate surface area is 148 Å². The monoisotopic (exact) mass is 369 g/mol. The zero-order valence-corrected chi connectivity index (χ0v) is 14.5. The van der Waals surface area contributed by atoms with E-state index in [2.05, 4.69) is 15.3 Å². The summed E-state index contributed by atoms with van der Waals surface area (Å²) in [5.74, 6) is -0.258. The average Bonchev–Trinajstić information content (AvgIpc) is 2.60. The number of benzene rings is 1. The van der Waals surface area contributed by atoms with Gasteiger partial charge in [-0.15, -0.1) is 0 Å². The molecule has 0 radical (unpaired) electrons. The number of ether oxygens (including phenoxy) is 2. The van der Waals surface area contributed by atoms with Gasteiger partial charge in [0.25, 0.3) is 5.91 Å². The van der Waals surface area contributed by atoms with Crippen LogP contribution in [0.5, 0.6) is 11.8 Å². The topological polar surface area (TPSA) is 73.3 Å². The van der Waals surface area contributed by atoms with Crippen molar-refractivity contribution in [1.82, 2.24) is 15.3 Å². The summed E-state index contributed by atoms with van der Waals surface area (Å²) in [6.45, 7) is 0.248. The van der Waals surface area contributed by atoms with Crippen molar-refractivity contribution < 1.29 is 23.0 Å². The number of hydrogen-bond acceptors (Lipinski definition) is 6. The molecule has 0 saturated carbocycles. The molecule has 0 fully saturated rings. The van der Waals surface area contributed by atoms with Crippen LogP contribution in [0.3, 0.4) is 0 Å². The van der Waals surface area contributed by atoms with Crippen LogP contribution < -0.4 is 14.8 Å². The number of nitrogens with one attached hydrogen (secondary N) is 1. The van der Waals surface area contributed by atoms with Crippen molar-refractivity contribution in [2.24, 2.45) is 0 Å². The fourth-order valence-electron chi connectivity index (χ4n) is 1.93. The molecule has 1 amide bonds. The van der Waals surface area contributed by atoms with Crippen LogP contribution in [-0.2, 0) is 5.75 Å². The van der Waals surface area contributed by atoms with E-state index in [1.165, 1.54) is 32.0 Å². The van der Waals surface area contributed by atoms with Gasteiger partial charge in [-0.1, -0.05) is 6.07 Å². The molecule has 0 saturated heterocycles. The van der Waals surface area contributed by atoms with Gasteiger partial charge in [0.05, 0.1) is 26.0 Å². The maximum atomic E-state index is 13.5. The highest BCUT2D eigenvalue weighted by Crippen LogP contribution is 2.18. The van der Waals surface area contributed by atoms with E-state index >= 15 is 0 Å². The first-order chi connectivity index (χ1) is 12.0. The number of thioether (sulfide) groups is 1. The van der Waals surface area contributed by atoms with E-state index in [1.54, 1.807) is 6.07 Å². The van der Waals surface area contributed by atoms with Crippen LogP contribution in [0.15, 0.2) is 24.3 Å². The summed E-state index contributed by atoms with van der Waals surface area (Å²) in [4.78, 5) is 20.2. The van der Waals surface area contributed by atoms with Gasteiger partial charge >= 0.3 is 0 Å². The summed E-state index contributed by atoms with van der Waals surface area (Å²) in [5.41, 5.74) is -0.576. The predicted octanol–water partition coefficient (Wildman–Crippen LogP) is 2.44. The second kappa shape index (κ2) is 9.16. The molecule has 9 heteroatoms. The molecule has 25 heavy (non-hydrogen) atoms. The summed E-state index contributed by atoms with van der Waals surface area (Å²) in [7, 11) is 2.99. The van der Waals surface area contributed by atoms with Gasteiger partial charge in [-0.3, -0.25) is 4.79 Å². The third-order valence-corrected chi connectivity index (χ3v) is 4.05. The average molecular weight is 369 g/mol. The van der Waals surface area contributed by atoms with Crippen LogP contribution in [0.25, 0.3) is 0 Å². The van der Waals surface area contributed by atoms with E-state index in [-0.39, 0.29) is 6.54 Å². The normalized spacial score (nSPS) is 10.4. The number of halogens is 2. The lowest BCUT2D eigenvalue weighted by atomic mass is 10.2. The molecule has 6 nitrogen and oxygen atoms in total. The van der Waals surface area contributed by atoms with Crippen molar-refractivity contribution in [3.63, 3.8) is 0 Å². The molecule has 2 rings (SSSR count). The minimum absolute atomic E-state index is 0.248. The van der Waals surface area contributed by atoms with E-state index in [4.69, 9.17) is 9.47 Å². The molecule has 0 bridgehead atoms. The number of methoxy groups -OCH3 is 2. The third kappa shape index (κ3) is 5.28. The highest BCUT2D eigenvalue weighted by Gasteiger charge is 2.16. The van der Waals surface area contributed by atoms with E-state index in [0.29, 0.717) is 29.1 Å². The molecule has 1 aromatic heterocycles. The van der Waals surface area contributed by atoms with Crippen molar-refractivity contribution in [2.75, 3.05) is 26.5 Å². The molecule has 134 valence electrons. The molecule has 0 spiro atoms. The maximum Gasteiger partial charge on any atom is 0.257 e. The first-order valence-corrected chi connectivity index (χ1v) is 8.46. The Balaban J connectivity index is 1.81. The number of hydrogen-bond donors (Lipinski definition) is 1. The lowest BCUT2D eigenvalue weighted by molar-refractivity contribution is 0.0948. The molecule has 1 aromatic carbocycles. The zero-order chi connectivity index (χ0) is 18.2. The first-order valence-electron chi connectivity index (χ1n) is 7.31. The summed E-state index contributed by atoms with van der Waals surface area (Å²) in [6.07, 6.45) is 0. The molecule has 1 N–H and O–H groups in total. The van der Waals surface area contributed by atoms with Crippen LogP contribution in [0.4, 0.5) is 8.78 Å². The van der Waals surface area contributed by atoms with Crippen molar-refractivity contribution in [2.45, 2.75) is 5.75 Å². The third-order valence-electron chi connectivity index (χ3n) is 3.10. The zero-order valence-electron chi connectivity index (χ0n) is 13.7. The summed E-state index contributed by atoms with van der Waals surface area (Å²) < 4.78 is 37.1. The summed E-state index contributed by atoms with van der Waals surface area (Å²) >= 11 is 1.45. The van der Waals surface area contributed by atoms with Crippen molar-refractivity contribution in [1.29, 1.82) is 0 Å². The molecule has 0 aliphatic heterocycles. The van der Waals surface area contributed by atoms with Gasteiger partial charge in [0.1, 0.15) is 23.0 Å².